The van der Waals surface area contributed by atoms with Crippen LogP contribution in [0.4, 0.5) is 8.78 Å². The molecule has 1 fully saturated rings. The lowest BCUT2D eigenvalue weighted by atomic mass is 9.95. The molecule has 1 unspecified atom stereocenters. The van der Waals surface area contributed by atoms with Crippen molar-refractivity contribution in [1.29, 1.82) is 0 Å². The highest BCUT2D eigenvalue weighted by atomic mass is 35.5. The SMILES string of the molecule is CC(Cl)c1nc2ccc(F)c(F)c2n1C1CCCCC1. The summed E-state index contributed by atoms with van der Waals surface area (Å²) in [5, 5.41) is -0.327. The van der Waals surface area contributed by atoms with Gasteiger partial charge in [-0.15, -0.1) is 11.6 Å². The van der Waals surface area contributed by atoms with Crippen LogP contribution in [0.15, 0.2) is 12.1 Å². The number of alkyl halides is 1. The first kappa shape index (κ1) is 13.8. The third-order valence-corrected chi connectivity index (χ3v) is 4.26. The van der Waals surface area contributed by atoms with Gasteiger partial charge in [-0.1, -0.05) is 19.3 Å². The minimum absolute atomic E-state index is 0.168. The lowest BCUT2D eigenvalue weighted by Crippen LogP contribution is -2.16. The molecule has 1 aliphatic carbocycles. The largest absolute Gasteiger partial charge is 0.321 e. The summed E-state index contributed by atoms with van der Waals surface area (Å²) in [5.41, 5.74) is 0.747. The zero-order chi connectivity index (χ0) is 14.3. The quantitative estimate of drug-likeness (QED) is 0.704. The van der Waals surface area contributed by atoms with E-state index in [1.165, 1.54) is 12.5 Å². The molecule has 0 saturated heterocycles. The van der Waals surface area contributed by atoms with Crippen molar-refractivity contribution in [3.63, 3.8) is 0 Å². The Morgan fingerprint density at radius 1 is 1.25 bits per heavy atom. The Labute approximate surface area is 121 Å². The number of hydrogen-bond acceptors (Lipinski definition) is 1. The molecule has 1 aliphatic rings. The molecule has 5 heteroatoms. The first-order valence-electron chi connectivity index (χ1n) is 7.09. The van der Waals surface area contributed by atoms with Crippen molar-refractivity contribution in [3.05, 3.63) is 29.6 Å². The average Bonchev–Trinajstić information content (AvgIpc) is 2.84. The number of rotatable bonds is 2. The molecule has 20 heavy (non-hydrogen) atoms. The summed E-state index contributed by atoms with van der Waals surface area (Å²) < 4.78 is 29.6. The van der Waals surface area contributed by atoms with Gasteiger partial charge in [0.2, 0.25) is 0 Å². The van der Waals surface area contributed by atoms with Gasteiger partial charge >= 0.3 is 0 Å². The summed E-state index contributed by atoms with van der Waals surface area (Å²) in [4.78, 5) is 4.41. The number of halogens is 3. The van der Waals surface area contributed by atoms with E-state index in [1.807, 2.05) is 11.5 Å². The first-order chi connectivity index (χ1) is 9.59. The molecule has 1 aromatic carbocycles. The Balaban J connectivity index is 2.24. The van der Waals surface area contributed by atoms with Gasteiger partial charge in [-0.05, 0) is 31.9 Å². The molecule has 2 aromatic rings. The van der Waals surface area contributed by atoms with Crippen LogP contribution in [0.5, 0.6) is 0 Å². The van der Waals surface area contributed by atoms with Crippen molar-refractivity contribution in [2.75, 3.05) is 0 Å². The third kappa shape index (κ3) is 2.20. The molecular formula is C15H17ClF2N2. The molecule has 108 valence electrons. The van der Waals surface area contributed by atoms with E-state index in [1.54, 1.807) is 0 Å². The number of imidazole rings is 1. The van der Waals surface area contributed by atoms with Crippen molar-refractivity contribution in [2.45, 2.75) is 50.4 Å². The minimum atomic E-state index is -0.830. The van der Waals surface area contributed by atoms with E-state index in [9.17, 15) is 8.78 Å². The average molecular weight is 299 g/mol. The van der Waals surface area contributed by atoms with Gasteiger partial charge < -0.3 is 4.57 Å². The summed E-state index contributed by atoms with van der Waals surface area (Å²) in [6.45, 7) is 1.82. The van der Waals surface area contributed by atoms with Gasteiger partial charge in [0.05, 0.1) is 10.9 Å². The van der Waals surface area contributed by atoms with Crippen molar-refractivity contribution < 1.29 is 8.78 Å². The van der Waals surface area contributed by atoms with Crippen LogP contribution in [-0.2, 0) is 0 Å². The maximum Gasteiger partial charge on any atom is 0.184 e. The van der Waals surface area contributed by atoms with E-state index in [4.69, 9.17) is 11.6 Å². The van der Waals surface area contributed by atoms with Crippen LogP contribution in [0.3, 0.4) is 0 Å². The molecule has 0 bridgehead atoms. The Bertz CT molecular complexity index is 630. The molecule has 1 saturated carbocycles. The Hall–Kier alpha value is -1.16. The van der Waals surface area contributed by atoms with E-state index in [2.05, 4.69) is 4.98 Å². The highest BCUT2D eigenvalue weighted by molar-refractivity contribution is 6.20. The summed E-state index contributed by atoms with van der Waals surface area (Å²) in [5.74, 6) is -1.01. The van der Waals surface area contributed by atoms with Gasteiger partial charge in [-0.2, -0.15) is 0 Å². The number of fused-ring (bicyclic) bond motifs is 1. The van der Waals surface area contributed by atoms with Gasteiger partial charge in [-0.3, -0.25) is 0 Å². The summed E-state index contributed by atoms with van der Waals surface area (Å²) in [6.07, 6.45) is 5.36. The Morgan fingerprint density at radius 3 is 2.60 bits per heavy atom. The maximum atomic E-state index is 14.2. The van der Waals surface area contributed by atoms with Gasteiger partial charge in [0.25, 0.3) is 0 Å². The second-order valence-electron chi connectivity index (χ2n) is 5.48. The fourth-order valence-electron chi connectivity index (χ4n) is 3.13. The Morgan fingerprint density at radius 2 is 1.95 bits per heavy atom. The Kier molecular flexibility index (Phi) is 3.67. The molecule has 3 rings (SSSR count). The predicted molar refractivity (Wildman–Crippen MR) is 76.0 cm³/mol. The smallest absolute Gasteiger partial charge is 0.184 e. The number of nitrogens with zero attached hydrogens (tertiary/aromatic N) is 2. The fraction of sp³-hybridized carbons (Fsp3) is 0.533. The maximum absolute atomic E-state index is 14.2. The topological polar surface area (TPSA) is 17.8 Å². The second-order valence-corrected chi connectivity index (χ2v) is 6.13. The van der Waals surface area contributed by atoms with Crippen molar-refractivity contribution in [1.82, 2.24) is 9.55 Å². The van der Waals surface area contributed by atoms with Gasteiger partial charge in [0.15, 0.2) is 11.6 Å². The molecule has 1 atom stereocenters. The van der Waals surface area contributed by atoms with E-state index in [-0.39, 0.29) is 16.9 Å². The molecule has 1 aromatic heterocycles. The lowest BCUT2D eigenvalue weighted by Gasteiger charge is -2.26. The lowest BCUT2D eigenvalue weighted by molar-refractivity contribution is 0.349. The number of aromatic nitrogens is 2. The second kappa shape index (κ2) is 5.32. The van der Waals surface area contributed by atoms with Crippen LogP contribution in [-0.4, -0.2) is 9.55 Å². The minimum Gasteiger partial charge on any atom is -0.321 e. The number of benzene rings is 1. The van der Waals surface area contributed by atoms with Crippen LogP contribution in [0.1, 0.15) is 56.3 Å². The zero-order valence-corrected chi connectivity index (χ0v) is 12.1. The van der Waals surface area contributed by atoms with E-state index < -0.39 is 11.6 Å². The summed E-state index contributed by atoms with van der Waals surface area (Å²) in [6, 6.07) is 2.82. The van der Waals surface area contributed by atoms with Crippen molar-refractivity contribution in [2.24, 2.45) is 0 Å². The molecule has 1 heterocycles. The molecule has 2 nitrogen and oxygen atoms in total. The normalized spacial score (nSPS) is 18.6. The monoisotopic (exact) mass is 298 g/mol. The highest BCUT2D eigenvalue weighted by Crippen LogP contribution is 2.36. The number of hydrogen-bond donors (Lipinski definition) is 0. The van der Waals surface area contributed by atoms with E-state index >= 15 is 0 Å². The molecule has 0 N–H and O–H groups in total. The predicted octanol–water partition coefficient (Wildman–Crippen LogP) is 5.12. The standard InChI is InChI=1S/C15H17ClF2N2/c1-9(16)15-19-12-8-7-11(17)13(18)14(12)20(15)10-5-3-2-4-6-10/h7-10H,2-6H2,1H3. The van der Waals surface area contributed by atoms with Crippen LogP contribution >= 0.6 is 11.6 Å². The fourth-order valence-corrected chi connectivity index (χ4v) is 3.28. The third-order valence-electron chi connectivity index (χ3n) is 4.07. The van der Waals surface area contributed by atoms with E-state index in [0.29, 0.717) is 11.3 Å². The van der Waals surface area contributed by atoms with Gasteiger partial charge in [0, 0.05) is 6.04 Å². The van der Waals surface area contributed by atoms with Crippen LogP contribution in [0.2, 0.25) is 0 Å². The molecule has 0 amide bonds. The van der Waals surface area contributed by atoms with Crippen LogP contribution in [0.25, 0.3) is 11.0 Å². The van der Waals surface area contributed by atoms with Crippen LogP contribution < -0.4 is 0 Å². The van der Waals surface area contributed by atoms with Crippen molar-refractivity contribution in [3.8, 4) is 0 Å². The zero-order valence-electron chi connectivity index (χ0n) is 11.4. The van der Waals surface area contributed by atoms with Crippen LogP contribution in [0, 0.1) is 11.6 Å². The van der Waals surface area contributed by atoms with E-state index in [0.717, 1.165) is 31.7 Å². The molecule has 0 spiro atoms. The molecule has 0 radical (unpaired) electrons. The molecule has 0 aliphatic heterocycles. The first-order valence-corrected chi connectivity index (χ1v) is 7.53. The highest BCUT2D eigenvalue weighted by Gasteiger charge is 2.26. The van der Waals surface area contributed by atoms with Gasteiger partial charge in [-0.25, -0.2) is 13.8 Å². The summed E-state index contributed by atoms with van der Waals surface area (Å²) in [7, 11) is 0. The van der Waals surface area contributed by atoms with Gasteiger partial charge in [0.1, 0.15) is 11.3 Å². The van der Waals surface area contributed by atoms with Crippen molar-refractivity contribution >= 4 is 22.6 Å². The summed E-state index contributed by atoms with van der Waals surface area (Å²) >= 11 is 6.19. The molecular weight excluding hydrogens is 282 g/mol.